The summed E-state index contributed by atoms with van der Waals surface area (Å²) in [5.74, 6) is 1.01. The van der Waals surface area contributed by atoms with Crippen molar-refractivity contribution in [2.24, 2.45) is 0 Å². The van der Waals surface area contributed by atoms with Crippen molar-refractivity contribution < 1.29 is 9.47 Å². The summed E-state index contributed by atoms with van der Waals surface area (Å²) in [6, 6.07) is 4.43. The van der Waals surface area contributed by atoms with Gasteiger partial charge in [0.25, 0.3) is 0 Å². The summed E-state index contributed by atoms with van der Waals surface area (Å²) in [4.78, 5) is 0. The molecule has 0 bridgehead atoms. The Bertz CT molecular complexity index is 418. The van der Waals surface area contributed by atoms with Crippen LogP contribution in [0.3, 0.4) is 0 Å². The lowest BCUT2D eigenvalue weighted by molar-refractivity contribution is 0.00533. The summed E-state index contributed by atoms with van der Waals surface area (Å²) in [5.41, 5.74) is 3.60. The first kappa shape index (κ1) is 18.0. The summed E-state index contributed by atoms with van der Waals surface area (Å²) in [6.07, 6.45) is 2.04. The Labute approximate surface area is 130 Å². The highest BCUT2D eigenvalue weighted by atomic mass is 16.5. The number of hydrogen-bond acceptors (Lipinski definition) is 3. The van der Waals surface area contributed by atoms with Gasteiger partial charge in [0.1, 0.15) is 5.75 Å². The summed E-state index contributed by atoms with van der Waals surface area (Å²) in [7, 11) is 1.74. The number of rotatable bonds is 9. The number of benzene rings is 1. The van der Waals surface area contributed by atoms with Crippen LogP contribution in [-0.2, 0) is 11.3 Å². The van der Waals surface area contributed by atoms with Crippen molar-refractivity contribution in [1.29, 1.82) is 0 Å². The van der Waals surface area contributed by atoms with E-state index < -0.39 is 0 Å². The van der Waals surface area contributed by atoms with Crippen LogP contribution in [0.5, 0.6) is 5.75 Å². The van der Waals surface area contributed by atoms with Crippen LogP contribution in [0.1, 0.15) is 50.3 Å². The van der Waals surface area contributed by atoms with Gasteiger partial charge >= 0.3 is 0 Å². The first-order chi connectivity index (χ1) is 9.89. The maximum atomic E-state index is 5.99. The van der Waals surface area contributed by atoms with Crippen molar-refractivity contribution in [2.45, 2.75) is 59.6 Å². The third-order valence-electron chi connectivity index (χ3n) is 3.78. The van der Waals surface area contributed by atoms with Gasteiger partial charge in [0.2, 0.25) is 0 Å². The Balaban J connectivity index is 2.63. The van der Waals surface area contributed by atoms with Crippen LogP contribution in [-0.4, -0.2) is 25.9 Å². The molecule has 3 nitrogen and oxygen atoms in total. The van der Waals surface area contributed by atoms with Crippen LogP contribution in [0.15, 0.2) is 12.1 Å². The highest BCUT2D eigenvalue weighted by Gasteiger charge is 2.16. The molecule has 0 aliphatic carbocycles. The topological polar surface area (TPSA) is 30.5 Å². The van der Waals surface area contributed by atoms with Crippen LogP contribution in [0.25, 0.3) is 0 Å². The van der Waals surface area contributed by atoms with E-state index in [1.807, 2.05) is 0 Å². The zero-order chi connectivity index (χ0) is 15.9. The number of nitrogens with one attached hydrogen (secondary N) is 1. The minimum atomic E-state index is -0.133. The van der Waals surface area contributed by atoms with Gasteiger partial charge in [0.15, 0.2) is 0 Å². The van der Waals surface area contributed by atoms with E-state index in [-0.39, 0.29) is 5.60 Å². The normalized spacial score (nSPS) is 11.7. The molecular weight excluding hydrogens is 262 g/mol. The van der Waals surface area contributed by atoms with Gasteiger partial charge in [-0.1, -0.05) is 19.1 Å². The molecule has 0 atom stereocenters. The molecule has 0 amide bonds. The van der Waals surface area contributed by atoms with E-state index in [1.54, 1.807) is 7.11 Å². The maximum absolute atomic E-state index is 5.99. The Morgan fingerprint density at radius 3 is 2.29 bits per heavy atom. The predicted molar refractivity (Wildman–Crippen MR) is 89.1 cm³/mol. The van der Waals surface area contributed by atoms with E-state index in [4.69, 9.17) is 9.47 Å². The van der Waals surface area contributed by atoms with Crippen LogP contribution in [0, 0.1) is 13.8 Å². The monoisotopic (exact) mass is 293 g/mol. The Hall–Kier alpha value is -1.06. The molecule has 0 unspecified atom stereocenters. The molecule has 0 fully saturated rings. The molecule has 0 saturated heterocycles. The number of hydrogen-bond donors (Lipinski definition) is 1. The molecule has 1 aromatic carbocycles. The Morgan fingerprint density at radius 1 is 1.14 bits per heavy atom. The molecule has 0 aromatic heterocycles. The predicted octanol–water partition coefficient (Wildman–Crippen LogP) is 4.00. The van der Waals surface area contributed by atoms with Crippen molar-refractivity contribution >= 4 is 0 Å². The quantitative estimate of drug-likeness (QED) is 0.698. The van der Waals surface area contributed by atoms with Crippen LogP contribution in [0.4, 0.5) is 0 Å². The molecule has 0 aliphatic rings. The van der Waals surface area contributed by atoms with E-state index >= 15 is 0 Å². The molecule has 3 heteroatoms. The molecule has 120 valence electrons. The summed E-state index contributed by atoms with van der Waals surface area (Å²) in [6.45, 7) is 13.2. The average Bonchev–Trinajstić information content (AvgIpc) is 2.42. The van der Waals surface area contributed by atoms with Gasteiger partial charge in [-0.2, -0.15) is 0 Å². The summed E-state index contributed by atoms with van der Waals surface area (Å²) in [5, 5.41) is 3.44. The molecular formula is C18H31NO2. The van der Waals surface area contributed by atoms with E-state index in [0.717, 1.165) is 31.7 Å². The molecule has 0 heterocycles. The fourth-order valence-electron chi connectivity index (χ4n) is 2.28. The number of aryl methyl sites for hydroxylation is 2. The average molecular weight is 293 g/mol. The van der Waals surface area contributed by atoms with E-state index in [9.17, 15) is 0 Å². The van der Waals surface area contributed by atoms with Gasteiger partial charge in [0.05, 0.1) is 12.2 Å². The van der Waals surface area contributed by atoms with E-state index in [0.29, 0.717) is 6.61 Å². The summed E-state index contributed by atoms with van der Waals surface area (Å²) >= 11 is 0. The van der Waals surface area contributed by atoms with Crippen molar-refractivity contribution in [3.8, 4) is 5.75 Å². The van der Waals surface area contributed by atoms with Crippen molar-refractivity contribution in [1.82, 2.24) is 5.32 Å². The second-order valence-corrected chi connectivity index (χ2v) is 6.30. The second kappa shape index (κ2) is 8.40. The van der Waals surface area contributed by atoms with Gasteiger partial charge < -0.3 is 14.8 Å². The largest absolute Gasteiger partial charge is 0.493 e. The van der Waals surface area contributed by atoms with Crippen LogP contribution < -0.4 is 10.1 Å². The van der Waals surface area contributed by atoms with E-state index in [2.05, 4.69) is 52.1 Å². The number of ether oxygens (including phenoxy) is 2. The first-order valence-electron chi connectivity index (χ1n) is 7.88. The Kier molecular flexibility index (Phi) is 7.20. The second-order valence-electron chi connectivity index (χ2n) is 6.30. The summed E-state index contributed by atoms with van der Waals surface area (Å²) < 4.78 is 11.4. The van der Waals surface area contributed by atoms with Crippen LogP contribution in [0.2, 0.25) is 0 Å². The number of methoxy groups -OCH3 is 1. The lowest BCUT2D eigenvalue weighted by atomic mass is 10.0. The van der Waals surface area contributed by atoms with Crippen LogP contribution >= 0.6 is 0 Å². The molecule has 1 rings (SSSR count). The van der Waals surface area contributed by atoms with Gasteiger partial charge in [0, 0.05) is 20.1 Å². The third kappa shape index (κ3) is 6.06. The van der Waals surface area contributed by atoms with Crippen molar-refractivity contribution in [2.75, 3.05) is 20.3 Å². The molecule has 1 N–H and O–H groups in total. The fraction of sp³-hybridized carbons (Fsp3) is 0.667. The lowest BCUT2D eigenvalue weighted by Gasteiger charge is -2.23. The van der Waals surface area contributed by atoms with Gasteiger partial charge in [-0.05, 0) is 57.4 Å². The zero-order valence-corrected chi connectivity index (χ0v) is 14.5. The minimum absolute atomic E-state index is 0.133. The van der Waals surface area contributed by atoms with Crippen molar-refractivity contribution in [3.05, 3.63) is 28.8 Å². The molecule has 0 radical (unpaired) electrons. The lowest BCUT2D eigenvalue weighted by Crippen LogP contribution is -2.25. The zero-order valence-electron chi connectivity index (χ0n) is 14.5. The maximum Gasteiger partial charge on any atom is 0.125 e. The smallest absolute Gasteiger partial charge is 0.125 e. The molecule has 21 heavy (non-hydrogen) atoms. The Morgan fingerprint density at radius 2 is 1.76 bits per heavy atom. The molecule has 0 aliphatic heterocycles. The fourth-order valence-corrected chi connectivity index (χ4v) is 2.28. The van der Waals surface area contributed by atoms with Gasteiger partial charge in [-0.25, -0.2) is 0 Å². The highest BCUT2D eigenvalue weighted by Crippen LogP contribution is 2.26. The SMILES string of the molecule is CCCNCc1cc(C)c(OCCC(C)(C)OC)c(C)c1. The molecule has 1 aromatic rings. The molecule has 0 spiro atoms. The van der Waals surface area contributed by atoms with E-state index in [1.165, 1.54) is 16.7 Å². The highest BCUT2D eigenvalue weighted by molar-refractivity contribution is 5.43. The van der Waals surface area contributed by atoms with Crippen molar-refractivity contribution in [3.63, 3.8) is 0 Å². The minimum Gasteiger partial charge on any atom is -0.493 e. The standard InChI is InChI=1S/C18H31NO2/c1-7-9-19-13-16-11-14(2)17(15(3)12-16)21-10-8-18(4,5)20-6/h11-12,19H,7-10,13H2,1-6H3. The molecule has 0 saturated carbocycles. The van der Waals surface area contributed by atoms with Gasteiger partial charge in [-0.3, -0.25) is 0 Å². The third-order valence-corrected chi connectivity index (χ3v) is 3.78. The van der Waals surface area contributed by atoms with Gasteiger partial charge in [-0.15, -0.1) is 0 Å². The first-order valence-corrected chi connectivity index (χ1v) is 7.88.